The van der Waals surface area contributed by atoms with Gasteiger partial charge in [0.1, 0.15) is 5.60 Å². The van der Waals surface area contributed by atoms with Crippen LogP contribution in [0.3, 0.4) is 0 Å². The second kappa shape index (κ2) is 3.62. The van der Waals surface area contributed by atoms with E-state index < -0.39 is 5.60 Å². The minimum Gasteiger partial charge on any atom is -0.444 e. The van der Waals surface area contributed by atoms with Gasteiger partial charge in [0.15, 0.2) is 0 Å². The Bertz CT molecular complexity index is 298. The zero-order valence-corrected chi connectivity index (χ0v) is 10.6. The maximum absolute atomic E-state index is 11.7. The van der Waals surface area contributed by atoms with Gasteiger partial charge in [-0.2, -0.15) is 0 Å². The normalized spacial score (nSPS) is 37.5. The van der Waals surface area contributed by atoms with Crippen LogP contribution in [0, 0.1) is 0 Å². The van der Waals surface area contributed by atoms with E-state index in [1.54, 1.807) is 0 Å². The molecule has 3 atom stereocenters. The fourth-order valence-corrected chi connectivity index (χ4v) is 2.81. The van der Waals surface area contributed by atoms with Crippen LogP contribution in [-0.2, 0) is 4.74 Å². The number of hydrogen-bond acceptors (Lipinski definition) is 3. The van der Waals surface area contributed by atoms with E-state index in [4.69, 9.17) is 4.74 Å². The summed E-state index contributed by atoms with van der Waals surface area (Å²) >= 11 is 0. The SMILES string of the molecule is CC(C)(C)OC(=O)NC1(C)CC2CCC1N2. The van der Waals surface area contributed by atoms with Gasteiger partial charge < -0.3 is 15.4 Å². The van der Waals surface area contributed by atoms with Crippen molar-refractivity contribution in [3.05, 3.63) is 0 Å². The minimum absolute atomic E-state index is 0.134. The van der Waals surface area contributed by atoms with Crippen molar-refractivity contribution in [1.29, 1.82) is 0 Å². The summed E-state index contributed by atoms with van der Waals surface area (Å²) in [5.41, 5.74) is -0.559. The Kier molecular flexibility index (Phi) is 2.65. The average molecular weight is 226 g/mol. The standard InChI is InChI=1S/C12H22N2O2/c1-11(2,3)16-10(15)14-12(4)7-8-5-6-9(12)13-8/h8-9,13H,5-7H2,1-4H3,(H,14,15). The Labute approximate surface area is 97.1 Å². The molecular weight excluding hydrogens is 204 g/mol. The molecule has 1 amide bonds. The van der Waals surface area contributed by atoms with Gasteiger partial charge in [-0.1, -0.05) is 0 Å². The molecule has 0 aliphatic carbocycles. The maximum atomic E-state index is 11.7. The van der Waals surface area contributed by atoms with E-state index in [1.807, 2.05) is 20.8 Å². The van der Waals surface area contributed by atoms with E-state index in [2.05, 4.69) is 17.6 Å². The molecule has 4 nitrogen and oxygen atoms in total. The van der Waals surface area contributed by atoms with Crippen LogP contribution in [0.25, 0.3) is 0 Å². The fraction of sp³-hybridized carbons (Fsp3) is 0.917. The lowest BCUT2D eigenvalue weighted by molar-refractivity contribution is 0.0448. The van der Waals surface area contributed by atoms with Crippen molar-refractivity contribution in [1.82, 2.24) is 10.6 Å². The predicted octanol–water partition coefficient (Wildman–Crippen LogP) is 1.79. The van der Waals surface area contributed by atoms with Crippen molar-refractivity contribution < 1.29 is 9.53 Å². The zero-order chi connectivity index (χ0) is 12.0. The predicted molar refractivity (Wildman–Crippen MR) is 62.3 cm³/mol. The van der Waals surface area contributed by atoms with Gasteiger partial charge in [-0.25, -0.2) is 4.79 Å². The molecule has 2 saturated heterocycles. The number of carbonyl (C=O) groups is 1. The third-order valence-corrected chi connectivity index (χ3v) is 3.47. The first-order chi connectivity index (χ1) is 7.28. The van der Waals surface area contributed by atoms with Gasteiger partial charge in [0.2, 0.25) is 0 Å². The van der Waals surface area contributed by atoms with E-state index in [1.165, 1.54) is 6.42 Å². The summed E-state index contributed by atoms with van der Waals surface area (Å²) in [4.78, 5) is 11.7. The summed E-state index contributed by atoms with van der Waals surface area (Å²) in [5.74, 6) is 0. The third-order valence-electron chi connectivity index (χ3n) is 3.47. The van der Waals surface area contributed by atoms with Crippen molar-refractivity contribution in [2.75, 3.05) is 0 Å². The van der Waals surface area contributed by atoms with Crippen LogP contribution in [0.15, 0.2) is 0 Å². The number of rotatable bonds is 1. The van der Waals surface area contributed by atoms with Gasteiger partial charge in [-0.05, 0) is 47.0 Å². The largest absolute Gasteiger partial charge is 0.444 e. The number of fused-ring (bicyclic) bond motifs is 2. The highest BCUT2D eigenvalue weighted by molar-refractivity contribution is 5.69. The van der Waals surface area contributed by atoms with Crippen LogP contribution in [0.4, 0.5) is 4.79 Å². The van der Waals surface area contributed by atoms with Crippen molar-refractivity contribution in [3.63, 3.8) is 0 Å². The lowest BCUT2D eigenvalue weighted by Gasteiger charge is -2.34. The highest BCUT2D eigenvalue weighted by Gasteiger charge is 2.48. The smallest absolute Gasteiger partial charge is 0.408 e. The lowest BCUT2D eigenvalue weighted by Crippen LogP contribution is -2.54. The molecule has 3 unspecified atom stereocenters. The van der Waals surface area contributed by atoms with Crippen LogP contribution in [0.2, 0.25) is 0 Å². The lowest BCUT2D eigenvalue weighted by atomic mass is 9.83. The summed E-state index contributed by atoms with van der Waals surface area (Å²) in [6.07, 6.45) is 3.09. The first kappa shape index (κ1) is 11.7. The van der Waals surface area contributed by atoms with Gasteiger partial charge in [0.05, 0.1) is 5.54 Å². The minimum atomic E-state index is -0.425. The molecular formula is C12H22N2O2. The number of amides is 1. The fourth-order valence-electron chi connectivity index (χ4n) is 2.81. The first-order valence-electron chi connectivity index (χ1n) is 6.06. The van der Waals surface area contributed by atoms with E-state index in [0.29, 0.717) is 12.1 Å². The summed E-state index contributed by atoms with van der Waals surface area (Å²) in [6, 6.07) is 0.981. The van der Waals surface area contributed by atoms with E-state index in [0.717, 1.165) is 12.8 Å². The Hall–Kier alpha value is -0.770. The van der Waals surface area contributed by atoms with Crippen LogP contribution < -0.4 is 10.6 Å². The van der Waals surface area contributed by atoms with Crippen LogP contribution in [-0.4, -0.2) is 29.3 Å². The molecule has 2 bridgehead atoms. The molecule has 0 radical (unpaired) electrons. The van der Waals surface area contributed by atoms with Crippen molar-refractivity contribution >= 4 is 6.09 Å². The van der Waals surface area contributed by atoms with Crippen molar-refractivity contribution in [3.8, 4) is 0 Å². The Balaban J connectivity index is 1.92. The Morgan fingerprint density at radius 1 is 1.44 bits per heavy atom. The van der Waals surface area contributed by atoms with Gasteiger partial charge in [0, 0.05) is 12.1 Å². The van der Waals surface area contributed by atoms with Gasteiger partial charge in [0.25, 0.3) is 0 Å². The maximum Gasteiger partial charge on any atom is 0.408 e. The van der Waals surface area contributed by atoms with Gasteiger partial charge in [-0.3, -0.25) is 0 Å². The molecule has 0 spiro atoms. The second-order valence-electron chi connectivity index (χ2n) is 6.24. The molecule has 2 N–H and O–H groups in total. The van der Waals surface area contributed by atoms with Crippen LogP contribution >= 0.6 is 0 Å². The summed E-state index contributed by atoms with van der Waals surface area (Å²) in [7, 11) is 0. The summed E-state index contributed by atoms with van der Waals surface area (Å²) in [5, 5.41) is 6.54. The molecule has 2 aliphatic rings. The summed E-state index contributed by atoms with van der Waals surface area (Å²) in [6.45, 7) is 7.75. The molecule has 0 saturated carbocycles. The van der Waals surface area contributed by atoms with E-state index in [-0.39, 0.29) is 11.6 Å². The number of carbonyl (C=O) groups excluding carboxylic acids is 1. The number of hydrogen-bond donors (Lipinski definition) is 2. The van der Waals surface area contributed by atoms with Crippen LogP contribution in [0.5, 0.6) is 0 Å². The molecule has 0 aromatic rings. The van der Waals surface area contributed by atoms with E-state index >= 15 is 0 Å². The molecule has 0 aromatic carbocycles. The van der Waals surface area contributed by atoms with Gasteiger partial charge >= 0.3 is 6.09 Å². The summed E-state index contributed by atoms with van der Waals surface area (Å²) < 4.78 is 5.29. The first-order valence-corrected chi connectivity index (χ1v) is 6.06. The number of alkyl carbamates (subject to hydrolysis) is 1. The molecule has 2 fully saturated rings. The zero-order valence-electron chi connectivity index (χ0n) is 10.6. The second-order valence-corrected chi connectivity index (χ2v) is 6.24. The van der Waals surface area contributed by atoms with Crippen molar-refractivity contribution in [2.45, 2.75) is 70.2 Å². The third kappa shape index (κ3) is 2.32. The molecule has 2 heterocycles. The van der Waals surface area contributed by atoms with Crippen LogP contribution in [0.1, 0.15) is 47.0 Å². The number of nitrogens with one attached hydrogen (secondary N) is 2. The van der Waals surface area contributed by atoms with Gasteiger partial charge in [-0.15, -0.1) is 0 Å². The van der Waals surface area contributed by atoms with Crippen molar-refractivity contribution in [2.24, 2.45) is 0 Å². The van der Waals surface area contributed by atoms with E-state index in [9.17, 15) is 4.79 Å². The number of ether oxygens (including phenoxy) is 1. The Morgan fingerprint density at radius 3 is 2.56 bits per heavy atom. The molecule has 4 heteroatoms. The quantitative estimate of drug-likeness (QED) is 0.716. The molecule has 16 heavy (non-hydrogen) atoms. The molecule has 2 aliphatic heterocycles. The molecule has 92 valence electrons. The highest BCUT2D eigenvalue weighted by Crippen LogP contribution is 2.36. The Morgan fingerprint density at radius 2 is 2.12 bits per heavy atom. The topological polar surface area (TPSA) is 50.4 Å². The highest BCUT2D eigenvalue weighted by atomic mass is 16.6. The molecule has 2 rings (SSSR count). The monoisotopic (exact) mass is 226 g/mol. The molecule has 0 aromatic heterocycles. The average Bonchev–Trinajstić information content (AvgIpc) is 2.57.